The number of benzene rings is 1. The molecular formula is C25H27N5O2. The highest BCUT2D eigenvalue weighted by atomic mass is 16.2. The SMILES string of the molecule is Nc1cncc(C(=O)N2CC(C3CCCCN(C(=O)c4cnc5ccccc5c4)C3)C2)c1. The Labute approximate surface area is 187 Å². The molecule has 2 aliphatic rings. The maximum absolute atomic E-state index is 13.3. The van der Waals surface area contributed by atoms with Crippen LogP contribution < -0.4 is 5.73 Å². The molecule has 0 bridgehead atoms. The predicted octanol–water partition coefficient (Wildman–Crippen LogP) is 3.23. The smallest absolute Gasteiger partial charge is 0.255 e. The molecule has 3 aromatic rings. The van der Waals surface area contributed by atoms with Crippen LogP contribution in [0.3, 0.4) is 0 Å². The summed E-state index contributed by atoms with van der Waals surface area (Å²) in [5.74, 6) is 0.840. The van der Waals surface area contributed by atoms with E-state index in [2.05, 4.69) is 9.97 Å². The van der Waals surface area contributed by atoms with E-state index in [1.807, 2.05) is 40.1 Å². The Hall–Kier alpha value is -3.48. The molecule has 2 amide bonds. The van der Waals surface area contributed by atoms with Crippen LogP contribution in [0.15, 0.2) is 55.0 Å². The van der Waals surface area contributed by atoms with Crippen molar-refractivity contribution in [1.82, 2.24) is 19.8 Å². The van der Waals surface area contributed by atoms with E-state index in [9.17, 15) is 9.59 Å². The summed E-state index contributed by atoms with van der Waals surface area (Å²) in [6.45, 7) is 2.94. The zero-order valence-electron chi connectivity index (χ0n) is 18.0. The number of para-hydroxylation sites is 1. The van der Waals surface area contributed by atoms with E-state index in [4.69, 9.17) is 5.73 Å². The monoisotopic (exact) mass is 429 g/mol. The summed E-state index contributed by atoms with van der Waals surface area (Å²) < 4.78 is 0. The van der Waals surface area contributed by atoms with Crippen molar-refractivity contribution in [2.24, 2.45) is 11.8 Å². The number of fused-ring (bicyclic) bond motifs is 1. The number of nitrogen functional groups attached to an aromatic ring is 1. The molecule has 2 saturated heterocycles. The number of hydrogen-bond donors (Lipinski definition) is 1. The topological polar surface area (TPSA) is 92.4 Å². The zero-order valence-corrected chi connectivity index (χ0v) is 18.0. The van der Waals surface area contributed by atoms with Gasteiger partial charge in [-0.25, -0.2) is 0 Å². The van der Waals surface area contributed by atoms with E-state index in [1.165, 1.54) is 6.20 Å². The summed E-state index contributed by atoms with van der Waals surface area (Å²) in [5.41, 5.74) is 8.33. The lowest BCUT2D eigenvalue weighted by Gasteiger charge is -2.44. The first-order chi connectivity index (χ1) is 15.6. The number of nitrogens with zero attached hydrogens (tertiary/aromatic N) is 4. The number of amides is 2. The number of likely N-dealkylation sites (tertiary alicyclic amines) is 2. The third-order valence-corrected chi connectivity index (χ3v) is 6.70. The first-order valence-corrected chi connectivity index (χ1v) is 11.2. The molecule has 5 rings (SSSR count). The van der Waals surface area contributed by atoms with Gasteiger partial charge in [0.15, 0.2) is 0 Å². The van der Waals surface area contributed by atoms with Gasteiger partial charge in [0, 0.05) is 50.2 Å². The first kappa shape index (κ1) is 20.4. The molecule has 0 radical (unpaired) electrons. The number of carbonyl (C=O) groups excluding carboxylic acids is 2. The highest BCUT2D eigenvalue weighted by molar-refractivity contribution is 5.97. The minimum atomic E-state index is -0.0233. The average molecular weight is 430 g/mol. The van der Waals surface area contributed by atoms with Crippen LogP contribution in [0.4, 0.5) is 5.69 Å². The molecule has 32 heavy (non-hydrogen) atoms. The minimum Gasteiger partial charge on any atom is -0.397 e. The van der Waals surface area contributed by atoms with E-state index in [-0.39, 0.29) is 11.8 Å². The van der Waals surface area contributed by atoms with Gasteiger partial charge in [0.25, 0.3) is 11.8 Å². The first-order valence-electron chi connectivity index (χ1n) is 11.2. The number of pyridine rings is 2. The van der Waals surface area contributed by atoms with Gasteiger partial charge in [0.1, 0.15) is 0 Å². The van der Waals surface area contributed by atoms with Crippen LogP contribution in [0, 0.1) is 11.8 Å². The van der Waals surface area contributed by atoms with Gasteiger partial charge < -0.3 is 15.5 Å². The van der Waals surface area contributed by atoms with Crippen LogP contribution in [-0.4, -0.2) is 57.8 Å². The van der Waals surface area contributed by atoms with Gasteiger partial charge >= 0.3 is 0 Å². The van der Waals surface area contributed by atoms with Crippen LogP contribution >= 0.6 is 0 Å². The molecule has 2 fully saturated rings. The fraction of sp³-hybridized carbons (Fsp3) is 0.360. The van der Waals surface area contributed by atoms with Crippen molar-refractivity contribution in [3.63, 3.8) is 0 Å². The highest BCUT2D eigenvalue weighted by Crippen LogP contribution is 2.32. The second-order valence-electron chi connectivity index (χ2n) is 8.90. The molecule has 0 aliphatic carbocycles. The predicted molar refractivity (Wildman–Crippen MR) is 123 cm³/mol. The number of hydrogen-bond acceptors (Lipinski definition) is 5. The Kier molecular flexibility index (Phi) is 5.47. The van der Waals surface area contributed by atoms with Crippen LogP contribution in [0.25, 0.3) is 10.9 Å². The van der Waals surface area contributed by atoms with E-state index < -0.39 is 0 Å². The van der Waals surface area contributed by atoms with Crippen molar-refractivity contribution in [1.29, 1.82) is 0 Å². The maximum atomic E-state index is 13.3. The van der Waals surface area contributed by atoms with Crippen LogP contribution in [0.5, 0.6) is 0 Å². The fourth-order valence-electron chi connectivity index (χ4n) is 4.85. The number of nitrogens with two attached hydrogens (primary N) is 1. The molecule has 0 saturated carbocycles. The Morgan fingerprint density at radius 2 is 1.62 bits per heavy atom. The summed E-state index contributed by atoms with van der Waals surface area (Å²) in [7, 11) is 0. The molecule has 1 unspecified atom stereocenters. The molecule has 2 aliphatic heterocycles. The number of aromatic nitrogens is 2. The third kappa shape index (κ3) is 4.02. The van der Waals surface area contributed by atoms with Crippen molar-refractivity contribution >= 4 is 28.4 Å². The molecule has 1 atom stereocenters. The molecular weight excluding hydrogens is 402 g/mol. The lowest BCUT2D eigenvalue weighted by atomic mass is 9.82. The molecule has 2 N–H and O–H groups in total. The van der Waals surface area contributed by atoms with Gasteiger partial charge in [0.2, 0.25) is 0 Å². The average Bonchev–Trinajstić information content (AvgIpc) is 3.03. The normalized spacial score (nSPS) is 19.4. The molecule has 7 heteroatoms. The molecule has 2 aromatic heterocycles. The highest BCUT2D eigenvalue weighted by Gasteiger charge is 2.38. The Morgan fingerprint density at radius 1 is 0.875 bits per heavy atom. The summed E-state index contributed by atoms with van der Waals surface area (Å²) in [4.78, 5) is 38.3. The second-order valence-corrected chi connectivity index (χ2v) is 8.90. The van der Waals surface area contributed by atoms with Gasteiger partial charge in [-0.05, 0) is 42.9 Å². The maximum Gasteiger partial charge on any atom is 0.255 e. The standard InChI is InChI=1S/C25H27N5O2/c26-22-10-20(11-27-13-22)25(32)30-15-21(16-30)18-6-3-4-8-29(14-18)24(31)19-9-17-5-1-2-7-23(17)28-12-19/h1-2,5,7,9-13,18,21H,3-4,6,8,14-16,26H2. The van der Waals surface area contributed by atoms with Crippen LogP contribution in [0.1, 0.15) is 40.0 Å². The fourth-order valence-corrected chi connectivity index (χ4v) is 4.85. The van der Waals surface area contributed by atoms with Crippen molar-refractivity contribution in [3.8, 4) is 0 Å². The summed E-state index contributed by atoms with van der Waals surface area (Å²) in [6.07, 6.45) is 8.00. The largest absolute Gasteiger partial charge is 0.397 e. The third-order valence-electron chi connectivity index (χ3n) is 6.70. The van der Waals surface area contributed by atoms with Gasteiger partial charge in [-0.2, -0.15) is 0 Å². The van der Waals surface area contributed by atoms with Crippen molar-refractivity contribution in [2.45, 2.75) is 19.3 Å². The summed E-state index contributed by atoms with van der Waals surface area (Å²) >= 11 is 0. The van der Waals surface area contributed by atoms with E-state index >= 15 is 0 Å². The minimum absolute atomic E-state index is 0.0233. The van der Waals surface area contributed by atoms with Gasteiger partial charge in [-0.1, -0.05) is 24.6 Å². The van der Waals surface area contributed by atoms with Crippen molar-refractivity contribution in [2.75, 3.05) is 31.9 Å². The second kappa shape index (κ2) is 8.57. The molecule has 4 heterocycles. The number of anilines is 1. The molecule has 164 valence electrons. The summed E-state index contributed by atoms with van der Waals surface area (Å²) in [6, 6.07) is 11.5. The van der Waals surface area contributed by atoms with E-state index in [0.29, 0.717) is 28.7 Å². The van der Waals surface area contributed by atoms with Crippen molar-refractivity contribution < 1.29 is 9.59 Å². The Bertz CT molecular complexity index is 1160. The van der Waals surface area contributed by atoms with Crippen molar-refractivity contribution in [3.05, 3.63) is 66.1 Å². The van der Waals surface area contributed by atoms with Crippen LogP contribution in [-0.2, 0) is 0 Å². The molecule has 7 nitrogen and oxygen atoms in total. The quantitative estimate of drug-likeness (QED) is 0.690. The van der Waals surface area contributed by atoms with Gasteiger partial charge in [0.05, 0.1) is 22.3 Å². The molecule has 1 aromatic carbocycles. The Morgan fingerprint density at radius 3 is 2.47 bits per heavy atom. The lowest BCUT2D eigenvalue weighted by molar-refractivity contribution is 0.0294. The van der Waals surface area contributed by atoms with E-state index in [1.54, 1.807) is 18.5 Å². The number of rotatable bonds is 3. The number of carbonyl (C=O) groups is 2. The lowest BCUT2D eigenvalue weighted by Crippen LogP contribution is -2.54. The van der Waals surface area contributed by atoms with Gasteiger partial charge in [-0.15, -0.1) is 0 Å². The van der Waals surface area contributed by atoms with E-state index in [0.717, 1.165) is 56.3 Å². The molecule has 0 spiro atoms. The Balaban J connectivity index is 1.24. The summed E-state index contributed by atoms with van der Waals surface area (Å²) in [5, 5.41) is 0.980. The van der Waals surface area contributed by atoms with Gasteiger partial charge in [-0.3, -0.25) is 19.6 Å². The van der Waals surface area contributed by atoms with Crippen LogP contribution in [0.2, 0.25) is 0 Å². The zero-order chi connectivity index (χ0) is 22.1.